The number of aromatic carboxylic acids is 2. The van der Waals surface area contributed by atoms with Crippen LogP contribution in [0.15, 0.2) is 48.5 Å². The van der Waals surface area contributed by atoms with Gasteiger partial charge in [0.15, 0.2) is 5.69 Å². The maximum atomic E-state index is 11.4. The van der Waals surface area contributed by atoms with Gasteiger partial charge in [-0.05, 0) is 24.3 Å². The zero-order valence-electron chi connectivity index (χ0n) is 11.2. The molecule has 0 saturated carbocycles. The zero-order valence-corrected chi connectivity index (χ0v) is 11.2. The lowest BCUT2D eigenvalue weighted by Crippen LogP contribution is -2.06. The smallest absolute Gasteiger partial charge is 0.356 e. The van der Waals surface area contributed by atoms with Crippen LogP contribution in [-0.4, -0.2) is 32.1 Å². The van der Waals surface area contributed by atoms with Crippen molar-refractivity contribution in [3.8, 4) is 11.3 Å². The van der Waals surface area contributed by atoms with Gasteiger partial charge >= 0.3 is 11.9 Å². The molecule has 0 atom stereocenters. The number of carboxylic acids is 2. The normalized spacial score (nSPS) is 10.5. The predicted octanol–water partition coefficient (Wildman–Crippen LogP) is 2.69. The molecular formula is C16H10N2O4. The molecule has 2 aromatic carbocycles. The second-order valence-electron chi connectivity index (χ2n) is 4.60. The molecule has 0 fully saturated rings. The van der Waals surface area contributed by atoms with Gasteiger partial charge in [0.05, 0.1) is 16.6 Å². The third kappa shape index (κ3) is 2.37. The lowest BCUT2D eigenvalue weighted by atomic mass is 10.1. The van der Waals surface area contributed by atoms with Crippen molar-refractivity contribution in [1.82, 2.24) is 9.97 Å². The highest BCUT2D eigenvalue weighted by molar-refractivity contribution is 5.96. The SMILES string of the molecule is O=C(O)c1ccc(-c2nc3ccccc3nc2C(=O)O)cc1. The van der Waals surface area contributed by atoms with Crippen molar-refractivity contribution in [2.24, 2.45) is 0 Å². The maximum absolute atomic E-state index is 11.4. The number of benzene rings is 2. The molecule has 1 heterocycles. The summed E-state index contributed by atoms with van der Waals surface area (Å²) in [6, 6.07) is 12.8. The third-order valence-corrected chi connectivity index (χ3v) is 3.18. The molecule has 3 rings (SSSR count). The number of aromatic nitrogens is 2. The van der Waals surface area contributed by atoms with E-state index >= 15 is 0 Å². The van der Waals surface area contributed by atoms with Crippen LogP contribution in [0.5, 0.6) is 0 Å². The van der Waals surface area contributed by atoms with Crippen LogP contribution in [0.4, 0.5) is 0 Å². The van der Waals surface area contributed by atoms with Gasteiger partial charge in [0, 0.05) is 5.56 Å². The molecule has 0 bridgehead atoms. The van der Waals surface area contributed by atoms with Gasteiger partial charge in [-0.3, -0.25) is 0 Å². The summed E-state index contributed by atoms with van der Waals surface area (Å²) in [4.78, 5) is 30.8. The molecule has 108 valence electrons. The van der Waals surface area contributed by atoms with Crippen molar-refractivity contribution >= 4 is 23.0 Å². The van der Waals surface area contributed by atoms with E-state index in [0.717, 1.165) is 0 Å². The highest BCUT2D eigenvalue weighted by atomic mass is 16.4. The Morgan fingerprint density at radius 2 is 1.36 bits per heavy atom. The van der Waals surface area contributed by atoms with Crippen molar-refractivity contribution in [2.75, 3.05) is 0 Å². The van der Waals surface area contributed by atoms with Gasteiger partial charge < -0.3 is 10.2 Å². The number of hydrogen-bond donors (Lipinski definition) is 2. The molecule has 0 radical (unpaired) electrons. The largest absolute Gasteiger partial charge is 0.478 e. The monoisotopic (exact) mass is 294 g/mol. The van der Waals surface area contributed by atoms with E-state index < -0.39 is 11.9 Å². The molecule has 0 unspecified atom stereocenters. The van der Waals surface area contributed by atoms with Crippen LogP contribution in [0.1, 0.15) is 20.8 Å². The van der Waals surface area contributed by atoms with Gasteiger partial charge in [0.25, 0.3) is 0 Å². The Kier molecular flexibility index (Phi) is 3.27. The summed E-state index contributed by atoms with van der Waals surface area (Å²) in [5.74, 6) is -2.23. The standard InChI is InChI=1S/C16H10N2O4/c19-15(20)10-7-5-9(6-8-10)13-14(16(21)22)18-12-4-2-1-3-11(12)17-13/h1-8H,(H,19,20)(H,21,22). The molecule has 0 amide bonds. The van der Waals surface area contributed by atoms with Crippen molar-refractivity contribution in [3.05, 3.63) is 59.8 Å². The number of para-hydroxylation sites is 2. The average Bonchev–Trinajstić information content (AvgIpc) is 2.53. The van der Waals surface area contributed by atoms with Crippen molar-refractivity contribution in [1.29, 1.82) is 0 Å². The predicted molar refractivity (Wildman–Crippen MR) is 78.9 cm³/mol. The molecule has 2 N–H and O–H groups in total. The van der Waals surface area contributed by atoms with E-state index in [1.807, 2.05) is 0 Å². The van der Waals surface area contributed by atoms with Crippen molar-refractivity contribution in [3.63, 3.8) is 0 Å². The fourth-order valence-electron chi connectivity index (χ4n) is 2.12. The van der Waals surface area contributed by atoms with E-state index in [-0.39, 0.29) is 17.0 Å². The van der Waals surface area contributed by atoms with Crippen LogP contribution in [0.3, 0.4) is 0 Å². The number of hydrogen-bond acceptors (Lipinski definition) is 4. The van der Waals surface area contributed by atoms with Crippen LogP contribution in [0.25, 0.3) is 22.3 Å². The van der Waals surface area contributed by atoms with Crippen LogP contribution in [0, 0.1) is 0 Å². The maximum Gasteiger partial charge on any atom is 0.356 e. The first kappa shape index (κ1) is 13.7. The van der Waals surface area contributed by atoms with E-state index in [2.05, 4.69) is 9.97 Å². The Hall–Kier alpha value is -3.28. The van der Waals surface area contributed by atoms with Gasteiger partial charge in [0.2, 0.25) is 0 Å². The quantitative estimate of drug-likeness (QED) is 0.770. The van der Waals surface area contributed by atoms with Crippen LogP contribution in [0.2, 0.25) is 0 Å². The van der Waals surface area contributed by atoms with Crippen molar-refractivity contribution < 1.29 is 19.8 Å². The molecule has 0 spiro atoms. The van der Waals surface area contributed by atoms with Crippen LogP contribution < -0.4 is 0 Å². The van der Waals surface area contributed by atoms with Gasteiger partial charge in [-0.25, -0.2) is 19.6 Å². The summed E-state index contributed by atoms with van der Waals surface area (Å²) in [5.41, 5.74) is 1.73. The lowest BCUT2D eigenvalue weighted by molar-refractivity contribution is 0.0682. The molecule has 0 saturated heterocycles. The molecule has 22 heavy (non-hydrogen) atoms. The summed E-state index contributed by atoms with van der Waals surface area (Å²) in [6.07, 6.45) is 0. The Morgan fingerprint density at radius 3 is 1.91 bits per heavy atom. The van der Waals surface area contributed by atoms with Gasteiger partial charge in [-0.15, -0.1) is 0 Å². The number of carboxylic acid groups (broad SMARTS) is 2. The minimum atomic E-state index is -1.18. The van der Waals surface area contributed by atoms with Gasteiger partial charge in [-0.1, -0.05) is 24.3 Å². The lowest BCUT2D eigenvalue weighted by Gasteiger charge is -2.07. The van der Waals surface area contributed by atoms with Crippen LogP contribution >= 0.6 is 0 Å². The van der Waals surface area contributed by atoms with Gasteiger partial charge in [-0.2, -0.15) is 0 Å². The van der Waals surface area contributed by atoms with Gasteiger partial charge in [0.1, 0.15) is 5.69 Å². The minimum absolute atomic E-state index is 0.120. The Balaban J connectivity index is 2.21. The van der Waals surface area contributed by atoms with E-state index in [1.54, 1.807) is 24.3 Å². The molecular weight excluding hydrogens is 284 g/mol. The number of nitrogens with zero attached hydrogens (tertiary/aromatic N) is 2. The number of rotatable bonds is 3. The Bertz CT molecular complexity index is 888. The Labute approximate surface area is 124 Å². The Morgan fingerprint density at radius 1 is 0.773 bits per heavy atom. The number of carbonyl (C=O) groups is 2. The first-order valence-electron chi connectivity index (χ1n) is 6.40. The summed E-state index contributed by atoms with van der Waals surface area (Å²) < 4.78 is 0. The molecule has 6 nitrogen and oxygen atoms in total. The summed E-state index contributed by atoms with van der Waals surface area (Å²) in [5, 5.41) is 18.2. The van der Waals surface area contributed by atoms with E-state index in [9.17, 15) is 14.7 Å². The van der Waals surface area contributed by atoms with E-state index in [0.29, 0.717) is 16.6 Å². The summed E-state index contributed by atoms with van der Waals surface area (Å²) >= 11 is 0. The number of fused-ring (bicyclic) bond motifs is 1. The fourth-order valence-corrected chi connectivity index (χ4v) is 2.12. The van der Waals surface area contributed by atoms with E-state index in [4.69, 9.17) is 5.11 Å². The molecule has 3 aromatic rings. The topological polar surface area (TPSA) is 100 Å². The molecule has 6 heteroatoms. The minimum Gasteiger partial charge on any atom is -0.478 e. The second kappa shape index (κ2) is 5.25. The highest BCUT2D eigenvalue weighted by Crippen LogP contribution is 2.24. The average molecular weight is 294 g/mol. The highest BCUT2D eigenvalue weighted by Gasteiger charge is 2.17. The zero-order chi connectivity index (χ0) is 15.7. The molecule has 0 aliphatic rings. The second-order valence-corrected chi connectivity index (χ2v) is 4.60. The molecule has 0 aliphatic carbocycles. The molecule has 1 aromatic heterocycles. The van der Waals surface area contributed by atoms with Crippen molar-refractivity contribution in [2.45, 2.75) is 0 Å². The first-order chi connectivity index (χ1) is 10.6. The molecule has 0 aliphatic heterocycles. The fraction of sp³-hybridized carbons (Fsp3) is 0. The first-order valence-corrected chi connectivity index (χ1v) is 6.40. The van der Waals surface area contributed by atoms with E-state index in [1.165, 1.54) is 24.3 Å². The summed E-state index contributed by atoms with van der Waals surface area (Å²) in [6.45, 7) is 0. The van der Waals surface area contributed by atoms with Crippen LogP contribution in [-0.2, 0) is 0 Å². The summed E-state index contributed by atoms with van der Waals surface area (Å²) in [7, 11) is 0. The third-order valence-electron chi connectivity index (χ3n) is 3.18.